The molecule has 9 heteroatoms. The van der Waals surface area contributed by atoms with E-state index in [9.17, 15) is 21.2 Å². The van der Waals surface area contributed by atoms with E-state index in [1.165, 1.54) is 56.6 Å². The van der Waals surface area contributed by atoms with Crippen molar-refractivity contribution in [3.8, 4) is 0 Å². The maximum atomic E-state index is 13.1. The molecule has 0 saturated carbocycles. The Morgan fingerprint density at radius 1 is 0.913 bits per heavy atom. The van der Waals surface area contributed by atoms with Crippen molar-refractivity contribution in [3.05, 3.63) is 54.3 Å². The van der Waals surface area contributed by atoms with Gasteiger partial charge in [-0.25, -0.2) is 25.5 Å². The molecule has 2 aromatic rings. The third-order valence-corrected chi connectivity index (χ3v) is 6.22. The van der Waals surface area contributed by atoms with E-state index >= 15 is 0 Å². The van der Waals surface area contributed by atoms with Crippen LogP contribution in [0.5, 0.6) is 0 Å². The molecule has 2 aromatic carbocycles. The number of sulfonamides is 2. The lowest BCUT2D eigenvalue weighted by Gasteiger charge is -2.12. The number of hydrogen-bond donors (Lipinski definition) is 1. The van der Waals surface area contributed by atoms with Crippen LogP contribution in [-0.4, -0.2) is 35.2 Å². The van der Waals surface area contributed by atoms with E-state index in [2.05, 4.69) is 4.72 Å². The van der Waals surface area contributed by atoms with Gasteiger partial charge in [0.2, 0.25) is 10.0 Å². The average Bonchev–Trinajstić information content (AvgIpc) is 2.46. The SMILES string of the molecule is CN(C)S(=O)(=O)c1ccc(S(=O)(=O)Nc2cccc(F)c2)cc1. The fourth-order valence-corrected chi connectivity index (χ4v) is 3.72. The van der Waals surface area contributed by atoms with Crippen LogP contribution in [0.3, 0.4) is 0 Å². The first-order chi connectivity index (χ1) is 10.6. The van der Waals surface area contributed by atoms with Crippen LogP contribution in [0.2, 0.25) is 0 Å². The highest BCUT2D eigenvalue weighted by Crippen LogP contribution is 2.20. The van der Waals surface area contributed by atoms with E-state index in [0.717, 1.165) is 10.4 Å². The summed E-state index contributed by atoms with van der Waals surface area (Å²) in [6.07, 6.45) is 0. The van der Waals surface area contributed by atoms with Crippen molar-refractivity contribution in [2.45, 2.75) is 9.79 Å². The van der Waals surface area contributed by atoms with Crippen LogP contribution in [-0.2, 0) is 20.0 Å². The van der Waals surface area contributed by atoms with Crippen molar-refractivity contribution in [1.82, 2.24) is 4.31 Å². The predicted octanol–water partition coefficient (Wildman–Crippen LogP) is 1.88. The highest BCUT2D eigenvalue weighted by atomic mass is 32.2. The summed E-state index contributed by atoms with van der Waals surface area (Å²) in [6, 6.07) is 9.79. The lowest BCUT2D eigenvalue weighted by molar-refractivity contribution is 0.520. The summed E-state index contributed by atoms with van der Waals surface area (Å²) in [7, 11) is -4.81. The molecule has 0 radical (unpaired) electrons. The summed E-state index contributed by atoms with van der Waals surface area (Å²) in [4.78, 5) is -0.147. The Morgan fingerprint density at radius 3 is 2.00 bits per heavy atom. The van der Waals surface area contributed by atoms with E-state index in [4.69, 9.17) is 0 Å². The van der Waals surface area contributed by atoms with Gasteiger partial charge in [0.15, 0.2) is 0 Å². The molecule has 124 valence electrons. The van der Waals surface area contributed by atoms with E-state index in [1.54, 1.807) is 0 Å². The molecule has 0 unspecified atom stereocenters. The van der Waals surface area contributed by atoms with Crippen LogP contribution in [0, 0.1) is 5.82 Å². The fraction of sp³-hybridized carbons (Fsp3) is 0.143. The molecule has 6 nitrogen and oxygen atoms in total. The van der Waals surface area contributed by atoms with Gasteiger partial charge in [0.1, 0.15) is 5.82 Å². The Morgan fingerprint density at radius 2 is 1.48 bits per heavy atom. The molecule has 0 heterocycles. The standard InChI is InChI=1S/C14H15FN2O4S2/c1-17(2)23(20,21)14-8-6-13(7-9-14)22(18,19)16-12-5-3-4-11(15)10-12/h3-10,16H,1-2H3. The minimum Gasteiger partial charge on any atom is -0.280 e. The summed E-state index contributed by atoms with van der Waals surface area (Å²) >= 11 is 0. The third kappa shape index (κ3) is 3.87. The molecule has 0 fully saturated rings. The molecule has 0 aliphatic carbocycles. The van der Waals surface area contributed by atoms with Gasteiger partial charge >= 0.3 is 0 Å². The van der Waals surface area contributed by atoms with Crippen molar-refractivity contribution in [2.24, 2.45) is 0 Å². The number of halogens is 1. The van der Waals surface area contributed by atoms with E-state index in [-0.39, 0.29) is 15.5 Å². The molecule has 0 saturated heterocycles. The van der Waals surface area contributed by atoms with Crippen LogP contribution in [0.15, 0.2) is 58.3 Å². The quantitative estimate of drug-likeness (QED) is 0.884. The van der Waals surface area contributed by atoms with E-state index < -0.39 is 25.9 Å². The van der Waals surface area contributed by atoms with Crippen molar-refractivity contribution in [2.75, 3.05) is 18.8 Å². The van der Waals surface area contributed by atoms with Crippen molar-refractivity contribution in [1.29, 1.82) is 0 Å². The zero-order valence-electron chi connectivity index (χ0n) is 12.4. The van der Waals surface area contributed by atoms with Gasteiger partial charge in [0, 0.05) is 14.1 Å². The normalized spacial score (nSPS) is 12.3. The van der Waals surface area contributed by atoms with Gasteiger partial charge in [-0.05, 0) is 42.5 Å². The van der Waals surface area contributed by atoms with Gasteiger partial charge in [0.25, 0.3) is 10.0 Å². The molecule has 1 N–H and O–H groups in total. The second-order valence-corrected chi connectivity index (χ2v) is 8.71. The Hall–Kier alpha value is -1.97. The molecule has 0 amide bonds. The predicted molar refractivity (Wildman–Crippen MR) is 84.5 cm³/mol. The van der Waals surface area contributed by atoms with Crippen molar-refractivity contribution < 1.29 is 21.2 Å². The Bertz CT molecular complexity index is 908. The minimum atomic E-state index is -3.94. The first-order valence-electron chi connectivity index (χ1n) is 6.44. The average molecular weight is 358 g/mol. The first-order valence-corrected chi connectivity index (χ1v) is 9.36. The minimum absolute atomic E-state index is 0.0211. The van der Waals surface area contributed by atoms with Crippen molar-refractivity contribution in [3.63, 3.8) is 0 Å². The van der Waals surface area contributed by atoms with Gasteiger partial charge in [0.05, 0.1) is 15.5 Å². The molecule has 23 heavy (non-hydrogen) atoms. The number of nitrogens with zero attached hydrogens (tertiary/aromatic N) is 1. The lowest BCUT2D eigenvalue weighted by atomic mass is 10.3. The fourth-order valence-electron chi connectivity index (χ4n) is 1.77. The summed E-state index contributed by atoms with van der Waals surface area (Å²) in [5.41, 5.74) is 0.0787. The van der Waals surface area contributed by atoms with Crippen LogP contribution in [0.4, 0.5) is 10.1 Å². The van der Waals surface area contributed by atoms with E-state index in [1.807, 2.05) is 0 Å². The van der Waals surface area contributed by atoms with Crippen LogP contribution in [0.25, 0.3) is 0 Å². The Balaban J connectivity index is 2.31. The number of benzene rings is 2. The van der Waals surface area contributed by atoms with Gasteiger partial charge < -0.3 is 0 Å². The molecule has 0 spiro atoms. The smallest absolute Gasteiger partial charge is 0.261 e. The molecule has 0 aliphatic rings. The maximum Gasteiger partial charge on any atom is 0.261 e. The highest BCUT2D eigenvalue weighted by molar-refractivity contribution is 7.92. The largest absolute Gasteiger partial charge is 0.280 e. The second-order valence-electron chi connectivity index (χ2n) is 4.87. The zero-order valence-corrected chi connectivity index (χ0v) is 14.0. The summed E-state index contributed by atoms with van der Waals surface area (Å²) in [6.45, 7) is 0. The molecular weight excluding hydrogens is 343 g/mol. The van der Waals surface area contributed by atoms with Crippen molar-refractivity contribution >= 4 is 25.7 Å². The van der Waals surface area contributed by atoms with Crippen LogP contribution in [0.1, 0.15) is 0 Å². The Labute approximate surface area is 134 Å². The molecule has 2 rings (SSSR count). The topological polar surface area (TPSA) is 83.6 Å². The molecule has 0 aromatic heterocycles. The van der Waals surface area contributed by atoms with Crippen LogP contribution < -0.4 is 4.72 Å². The molecule has 0 aliphatic heterocycles. The van der Waals surface area contributed by atoms with E-state index in [0.29, 0.717) is 0 Å². The van der Waals surface area contributed by atoms with Gasteiger partial charge in [-0.15, -0.1) is 0 Å². The van der Waals surface area contributed by atoms with Gasteiger partial charge in [-0.2, -0.15) is 0 Å². The van der Waals surface area contributed by atoms with Crippen LogP contribution >= 0.6 is 0 Å². The maximum absolute atomic E-state index is 13.1. The summed E-state index contributed by atoms with van der Waals surface area (Å²) in [5.74, 6) is -0.572. The highest BCUT2D eigenvalue weighted by Gasteiger charge is 2.19. The zero-order chi connectivity index (χ0) is 17.3. The molecule has 0 atom stereocenters. The Kier molecular flexibility index (Phi) is 4.73. The number of rotatable bonds is 5. The second kappa shape index (κ2) is 6.26. The lowest BCUT2D eigenvalue weighted by Crippen LogP contribution is -2.22. The summed E-state index contributed by atoms with van der Waals surface area (Å²) < 4.78 is 64.7. The molecular formula is C14H15FN2O4S2. The number of nitrogens with one attached hydrogen (secondary N) is 1. The first kappa shape index (κ1) is 17.4. The number of hydrogen-bond acceptors (Lipinski definition) is 4. The molecule has 0 bridgehead atoms. The van der Waals surface area contributed by atoms with Gasteiger partial charge in [-0.1, -0.05) is 6.07 Å². The number of anilines is 1. The summed E-state index contributed by atoms with van der Waals surface area (Å²) in [5, 5.41) is 0. The van der Waals surface area contributed by atoms with Gasteiger partial charge in [-0.3, -0.25) is 4.72 Å². The monoisotopic (exact) mass is 358 g/mol. The third-order valence-electron chi connectivity index (χ3n) is 2.99.